The van der Waals surface area contributed by atoms with Crippen LogP contribution in [0.5, 0.6) is 0 Å². The Hall–Kier alpha value is -2.31. The summed E-state index contributed by atoms with van der Waals surface area (Å²) < 4.78 is 28.4. The van der Waals surface area contributed by atoms with Gasteiger partial charge in [-0.3, -0.25) is 9.59 Å². The first-order valence-corrected chi connectivity index (χ1v) is 10.6. The van der Waals surface area contributed by atoms with Crippen molar-refractivity contribution in [2.75, 3.05) is 6.54 Å². The highest BCUT2D eigenvalue weighted by molar-refractivity contribution is 7.89. The van der Waals surface area contributed by atoms with Crippen LogP contribution in [0.4, 0.5) is 0 Å². The van der Waals surface area contributed by atoms with Gasteiger partial charge < -0.3 is 0 Å². The highest BCUT2D eigenvalue weighted by Gasteiger charge is 2.40. The SMILES string of the molecule is C[C@@H]1[C@@H](C)CCCN1S(=O)(=O)c1cccc2c1C(=O)c1ccccc1C2=O. The zero-order chi connectivity index (χ0) is 19.3. The first-order valence-electron chi connectivity index (χ1n) is 9.17. The van der Waals surface area contributed by atoms with Gasteiger partial charge in [-0.15, -0.1) is 0 Å². The third-order valence-electron chi connectivity index (χ3n) is 5.82. The van der Waals surface area contributed by atoms with Gasteiger partial charge in [0, 0.05) is 29.3 Å². The summed E-state index contributed by atoms with van der Waals surface area (Å²) in [5, 5.41) is 0. The number of carbonyl (C=O) groups is 2. The van der Waals surface area contributed by atoms with Crippen LogP contribution in [0.15, 0.2) is 47.4 Å². The van der Waals surface area contributed by atoms with Crippen molar-refractivity contribution in [3.8, 4) is 0 Å². The van der Waals surface area contributed by atoms with E-state index in [0.717, 1.165) is 12.8 Å². The Bertz CT molecular complexity index is 1060. The van der Waals surface area contributed by atoms with Crippen LogP contribution in [0, 0.1) is 5.92 Å². The first-order chi connectivity index (χ1) is 12.8. The summed E-state index contributed by atoms with van der Waals surface area (Å²) in [6.07, 6.45) is 1.76. The van der Waals surface area contributed by atoms with Gasteiger partial charge in [-0.25, -0.2) is 8.42 Å². The van der Waals surface area contributed by atoms with Crippen LogP contribution in [0.25, 0.3) is 0 Å². The van der Waals surface area contributed by atoms with Gasteiger partial charge in [-0.05, 0) is 31.7 Å². The topological polar surface area (TPSA) is 71.5 Å². The molecule has 0 amide bonds. The van der Waals surface area contributed by atoms with Crippen molar-refractivity contribution in [3.63, 3.8) is 0 Å². The van der Waals surface area contributed by atoms with Crippen molar-refractivity contribution in [2.24, 2.45) is 5.92 Å². The van der Waals surface area contributed by atoms with Gasteiger partial charge in [0.05, 0.1) is 10.5 Å². The van der Waals surface area contributed by atoms with E-state index in [1.807, 2.05) is 13.8 Å². The number of hydrogen-bond acceptors (Lipinski definition) is 4. The largest absolute Gasteiger partial charge is 0.289 e. The van der Waals surface area contributed by atoms with Gasteiger partial charge in [-0.1, -0.05) is 43.3 Å². The molecule has 6 heteroatoms. The van der Waals surface area contributed by atoms with Gasteiger partial charge in [0.2, 0.25) is 10.0 Å². The van der Waals surface area contributed by atoms with E-state index in [1.165, 1.54) is 16.4 Å². The average Bonchev–Trinajstić information content (AvgIpc) is 2.67. The van der Waals surface area contributed by atoms with E-state index in [1.54, 1.807) is 30.3 Å². The number of carbonyl (C=O) groups excluding carboxylic acids is 2. The van der Waals surface area contributed by atoms with Crippen molar-refractivity contribution < 1.29 is 18.0 Å². The number of rotatable bonds is 2. The van der Waals surface area contributed by atoms with Gasteiger partial charge in [0.1, 0.15) is 0 Å². The molecule has 1 aliphatic heterocycles. The molecule has 1 fully saturated rings. The number of sulfonamides is 1. The molecule has 0 N–H and O–H groups in total. The van der Waals surface area contributed by atoms with E-state index < -0.39 is 15.8 Å². The molecule has 1 aliphatic carbocycles. The average molecular weight is 383 g/mol. The molecule has 0 bridgehead atoms. The number of benzene rings is 2. The highest BCUT2D eigenvalue weighted by Crippen LogP contribution is 2.35. The minimum Gasteiger partial charge on any atom is -0.289 e. The number of piperidine rings is 1. The Morgan fingerprint density at radius 1 is 0.889 bits per heavy atom. The molecule has 0 unspecified atom stereocenters. The fraction of sp³-hybridized carbons (Fsp3) is 0.333. The van der Waals surface area contributed by atoms with E-state index in [9.17, 15) is 18.0 Å². The van der Waals surface area contributed by atoms with Gasteiger partial charge >= 0.3 is 0 Å². The fourth-order valence-corrected chi connectivity index (χ4v) is 6.07. The summed E-state index contributed by atoms with van der Waals surface area (Å²) in [6.45, 7) is 4.37. The highest BCUT2D eigenvalue weighted by atomic mass is 32.2. The lowest BCUT2D eigenvalue weighted by molar-refractivity contribution is 0.0976. The fourth-order valence-electron chi connectivity index (χ4n) is 4.09. The van der Waals surface area contributed by atoms with Crippen LogP contribution in [-0.4, -0.2) is 36.9 Å². The number of fused-ring (bicyclic) bond motifs is 2. The summed E-state index contributed by atoms with van der Waals surface area (Å²) in [7, 11) is -3.88. The normalized spacial score (nSPS) is 23.0. The Balaban J connectivity index is 1.90. The van der Waals surface area contributed by atoms with Crippen molar-refractivity contribution in [2.45, 2.75) is 37.6 Å². The molecule has 2 aromatic carbocycles. The van der Waals surface area contributed by atoms with Gasteiger partial charge in [-0.2, -0.15) is 4.31 Å². The second kappa shape index (κ2) is 6.39. The minimum atomic E-state index is -3.88. The first kappa shape index (κ1) is 18.1. The molecule has 1 saturated heterocycles. The van der Waals surface area contributed by atoms with Crippen molar-refractivity contribution >= 4 is 21.6 Å². The summed E-state index contributed by atoms with van der Waals surface area (Å²) in [5.74, 6) is -0.472. The third-order valence-corrected chi connectivity index (χ3v) is 7.85. The second-order valence-electron chi connectivity index (χ2n) is 7.36. The Labute approximate surface area is 159 Å². The van der Waals surface area contributed by atoms with Gasteiger partial charge in [0.15, 0.2) is 11.6 Å². The van der Waals surface area contributed by atoms with Crippen molar-refractivity contribution in [1.29, 1.82) is 0 Å². The lowest BCUT2D eigenvalue weighted by atomic mass is 9.84. The number of ketones is 2. The lowest BCUT2D eigenvalue weighted by Crippen LogP contribution is -2.46. The maximum Gasteiger partial charge on any atom is 0.244 e. The molecule has 2 aliphatic rings. The van der Waals surface area contributed by atoms with Crippen LogP contribution in [-0.2, 0) is 10.0 Å². The summed E-state index contributed by atoms with van der Waals surface area (Å²) in [4.78, 5) is 25.9. The minimum absolute atomic E-state index is 0.00614. The van der Waals surface area contributed by atoms with Crippen molar-refractivity contribution in [3.05, 3.63) is 64.7 Å². The van der Waals surface area contributed by atoms with Crippen LogP contribution < -0.4 is 0 Å². The van der Waals surface area contributed by atoms with E-state index in [-0.39, 0.29) is 39.3 Å². The van der Waals surface area contributed by atoms with E-state index in [2.05, 4.69) is 0 Å². The monoisotopic (exact) mass is 383 g/mol. The molecule has 1 heterocycles. The van der Waals surface area contributed by atoms with Crippen molar-refractivity contribution in [1.82, 2.24) is 4.31 Å². The standard InChI is InChI=1S/C21H21NO4S/c1-13-7-6-12-22(14(13)2)27(25,26)18-11-5-10-17-19(18)21(24)16-9-4-3-8-15(16)20(17)23/h3-5,8-11,13-14H,6-7,12H2,1-2H3/t13-,14+/m0/s1. The van der Waals surface area contributed by atoms with Crippen LogP contribution in [0.2, 0.25) is 0 Å². The molecule has 27 heavy (non-hydrogen) atoms. The molecule has 0 radical (unpaired) electrons. The maximum absolute atomic E-state index is 13.4. The molecule has 140 valence electrons. The quantitative estimate of drug-likeness (QED) is 0.681. The molecule has 2 aromatic rings. The molecule has 0 spiro atoms. The molecule has 5 nitrogen and oxygen atoms in total. The number of nitrogens with zero attached hydrogens (tertiary/aromatic N) is 1. The second-order valence-corrected chi connectivity index (χ2v) is 9.22. The number of hydrogen-bond donors (Lipinski definition) is 0. The summed E-state index contributed by atoms with van der Waals surface area (Å²) in [6, 6.07) is 10.9. The Kier molecular flexibility index (Phi) is 4.28. The van der Waals surface area contributed by atoms with E-state index in [0.29, 0.717) is 12.1 Å². The molecular weight excluding hydrogens is 362 g/mol. The Morgan fingerprint density at radius 3 is 2.22 bits per heavy atom. The molecule has 0 aromatic heterocycles. The molecular formula is C21H21NO4S. The summed E-state index contributed by atoms with van der Waals surface area (Å²) in [5.41, 5.74) is 0.756. The van der Waals surface area contributed by atoms with Crippen LogP contribution in [0.3, 0.4) is 0 Å². The van der Waals surface area contributed by atoms with Crippen LogP contribution in [0.1, 0.15) is 58.5 Å². The molecule has 2 atom stereocenters. The zero-order valence-corrected chi connectivity index (χ0v) is 16.1. The smallest absolute Gasteiger partial charge is 0.244 e. The lowest BCUT2D eigenvalue weighted by Gasteiger charge is -2.37. The Morgan fingerprint density at radius 2 is 1.52 bits per heavy atom. The summed E-state index contributed by atoms with van der Waals surface area (Å²) >= 11 is 0. The van der Waals surface area contributed by atoms with Gasteiger partial charge in [0.25, 0.3) is 0 Å². The van der Waals surface area contributed by atoms with E-state index >= 15 is 0 Å². The molecule has 0 saturated carbocycles. The maximum atomic E-state index is 13.4. The predicted molar refractivity (Wildman–Crippen MR) is 102 cm³/mol. The van der Waals surface area contributed by atoms with E-state index in [4.69, 9.17) is 0 Å². The predicted octanol–water partition coefficient (Wildman–Crippen LogP) is 3.27. The third kappa shape index (κ3) is 2.66. The zero-order valence-electron chi connectivity index (χ0n) is 15.3. The molecule has 4 rings (SSSR count). The van der Waals surface area contributed by atoms with Crippen LogP contribution >= 0.6 is 0 Å².